The highest BCUT2D eigenvalue weighted by molar-refractivity contribution is 8.00. The maximum atomic E-state index is 11.3. The summed E-state index contributed by atoms with van der Waals surface area (Å²) in [4.78, 5) is 11.3. The molecule has 1 saturated carbocycles. The van der Waals surface area contributed by atoms with Crippen LogP contribution in [-0.2, 0) is 14.3 Å². The first-order valence-corrected chi connectivity index (χ1v) is 7.94. The van der Waals surface area contributed by atoms with Gasteiger partial charge in [-0.3, -0.25) is 4.79 Å². The quantitative estimate of drug-likeness (QED) is 0.736. The monoisotopic (exact) mass is 272 g/mol. The molecule has 0 aromatic rings. The molecule has 2 rings (SSSR count). The summed E-state index contributed by atoms with van der Waals surface area (Å²) in [6.07, 6.45) is 7.90. The molecule has 104 valence electrons. The van der Waals surface area contributed by atoms with Crippen LogP contribution in [0.1, 0.15) is 51.9 Å². The Kier molecular flexibility index (Phi) is 4.96. The predicted molar refractivity (Wildman–Crippen MR) is 73.9 cm³/mol. The average Bonchev–Trinajstić information content (AvgIpc) is 2.77. The fraction of sp³-hybridized carbons (Fsp3) is 0.929. The zero-order valence-corrected chi connectivity index (χ0v) is 12.3. The lowest BCUT2D eigenvalue weighted by Gasteiger charge is -2.38. The van der Waals surface area contributed by atoms with Crippen molar-refractivity contribution < 1.29 is 14.3 Å². The molecule has 2 aliphatic rings. The maximum Gasteiger partial charge on any atom is 0.306 e. The molecule has 18 heavy (non-hydrogen) atoms. The van der Waals surface area contributed by atoms with E-state index >= 15 is 0 Å². The smallest absolute Gasteiger partial charge is 0.306 e. The lowest BCUT2D eigenvalue weighted by Crippen LogP contribution is -2.39. The Hall–Kier alpha value is -0.220. The van der Waals surface area contributed by atoms with Crippen LogP contribution >= 0.6 is 11.8 Å². The summed E-state index contributed by atoms with van der Waals surface area (Å²) in [7, 11) is 1.46. The van der Waals surface area contributed by atoms with E-state index in [1.807, 2.05) is 11.8 Å². The SMILES string of the molecule is COC(=O)CC(C)SC1CCOC2(CCCC2)C1. The van der Waals surface area contributed by atoms with Gasteiger partial charge < -0.3 is 9.47 Å². The first-order valence-electron chi connectivity index (χ1n) is 7.00. The fourth-order valence-electron chi connectivity index (χ4n) is 3.16. The first kappa shape index (κ1) is 14.2. The van der Waals surface area contributed by atoms with Crippen molar-refractivity contribution in [1.82, 2.24) is 0 Å². The van der Waals surface area contributed by atoms with E-state index in [9.17, 15) is 4.79 Å². The van der Waals surface area contributed by atoms with Gasteiger partial charge in [0.1, 0.15) is 0 Å². The molecule has 1 saturated heterocycles. The fourth-order valence-corrected chi connectivity index (χ4v) is 4.68. The van der Waals surface area contributed by atoms with Crippen LogP contribution in [0.3, 0.4) is 0 Å². The van der Waals surface area contributed by atoms with E-state index < -0.39 is 0 Å². The van der Waals surface area contributed by atoms with Gasteiger partial charge in [0.25, 0.3) is 0 Å². The molecule has 0 bridgehead atoms. The number of esters is 1. The Morgan fingerprint density at radius 2 is 2.22 bits per heavy atom. The van der Waals surface area contributed by atoms with Crippen LogP contribution in [-0.4, -0.2) is 35.8 Å². The highest BCUT2D eigenvalue weighted by Gasteiger charge is 2.40. The van der Waals surface area contributed by atoms with Crippen molar-refractivity contribution in [2.45, 2.75) is 68.0 Å². The van der Waals surface area contributed by atoms with Crippen molar-refractivity contribution in [1.29, 1.82) is 0 Å². The van der Waals surface area contributed by atoms with E-state index in [1.54, 1.807) is 0 Å². The molecule has 0 aromatic heterocycles. The predicted octanol–water partition coefficient (Wildman–Crippen LogP) is 3.16. The van der Waals surface area contributed by atoms with Crippen molar-refractivity contribution in [3.8, 4) is 0 Å². The number of ether oxygens (including phenoxy) is 2. The third kappa shape index (κ3) is 3.64. The summed E-state index contributed by atoms with van der Waals surface area (Å²) in [6.45, 7) is 3.01. The number of thioether (sulfide) groups is 1. The molecule has 2 atom stereocenters. The van der Waals surface area contributed by atoms with Gasteiger partial charge in [-0.05, 0) is 25.7 Å². The van der Waals surface area contributed by atoms with Gasteiger partial charge in [-0.25, -0.2) is 0 Å². The molecule has 4 heteroatoms. The van der Waals surface area contributed by atoms with Crippen LogP contribution in [0.4, 0.5) is 0 Å². The minimum Gasteiger partial charge on any atom is -0.469 e. The highest BCUT2D eigenvalue weighted by atomic mass is 32.2. The van der Waals surface area contributed by atoms with Crippen LogP contribution in [0.15, 0.2) is 0 Å². The van der Waals surface area contributed by atoms with Gasteiger partial charge >= 0.3 is 5.97 Å². The molecule has 1 heterocycles. The number of hydrogen-bond donors (Lipinski definition) is 0. The summed E-state index contributed by atoms with van der Waals surface area (Å²) in [5.74, 6) is -0.0994. The maximum absolute atomic E-state index is 11.3. The van der Waals surface area contributed by atoms with Crippen molar-refractivity contribution in [2.24, 2.45) is 0 Å². The van der Waals surface area contributed by atoms with E-state index in [-0.39, 0.29) is 11.6 Å². The van der Waals surface area contributed by atoms with Crippen molar-refractivity contribution >= 4 is 17.7 Å². The average molecular weight is 272 g/mol. The topological polar surface area (TPSA) is 35.5 Å². The van der Waals surface area contributed by atoms with Gasteiger partial charge in [0.15, 0.2) is 0 Å². The molecule has 0 amide bonds. The number of carbonyl (C=O) groups excluding carboxylic acids is 1. The zero-order valence-electron chi connectivity index (χ0n) is 11.4. The number of carbonyl (C=O) groups is 1. The van der Waals surface area contributed by atoms with Gasteiger partial charge in [0.2, 0.25) is 0 Å². The van der Waals surface area contributed by atoms with Gasteiger partial charge in [0.05, 0.1) is 19.1 Å². The van der Waals surface area contributed by atoms with Gasteiger partial charge in [-0.2, -0.15) is 11.8 Å². The van der Waals surface area contributed by atoms with Crippen molar-refractivity contribution in [2.75, 3.05) is 13.7 Å². The summed E-state index contributed by atoms with van der Waals surface area (Å²) in [5, 5.41) is 0.996. The first-order chi connectivity index (χ1) is 8.63. The third-order valence-corrected chi connectivity index (χ3v) is 5.49. The Balaban J connectivity index is 1.80. The summed E-state index contributed by atoms with van der Waals surface area (Å²) >= 11 is 1.94. The molecule has 0 N–H and O–H groups in total. The molecular weight excluding hydrogens is 248 g/mol. The summed E-state index contributed by atoms with van der Waals surface area (Å²) in [5.41, 5.74) is 0.181. The van der Waals surface area contributed by atoms with Crippen molar-refractivity contribution in [3.63, 3.8) is 0 Å². The second kappa shape index (κ2) is 6.29. The Morgan fingerprint density at radius 3 is 2.89 bits per heavy atom. The largest absolute Gasteiger partial charge is 0.469 e. The van der Waals surface area contributed by atoms with E-state index in [4.69, 9.17) is 9.47 Å². The number of methoxy groups -OCH3 is 1. The molecule has 1 aliphatic heterocycles. The van der Waals surface area contributed by atoms with Gasteiger partial charge in [-0.1, -0.05) is 19.8 Å². The number of hydrogen-bond acceptors (Lipinski definition) is 4. The Labute approximate surface area is 114 Å². The van der Waals surface area contributed by atoms with E-state index in [2.05, 4.69) is 6.92 Å². The van der Waals surface area contributed by atoms with Crippen LogP contribution in [0.5, 0.6) is 0 Å². The Morgan fingerprint density at radius 1 is 1.50 bits per heavy atom. The van der Waals surface area contributed by atoms with Crippen LogP contribution < -0.4 is 0 Å². The highest BCUT2D eigenvalue weighted by Crippen LogP contribution is 2.43. The van der Waals surface area contributed by atoms with Crippen LogP contribution in [0.2, 0.25) is 0 Å². The van der Waals surface area contributed by atoms with E-state index in [0.717, 1.165) is 13.0 Å². The van der Waals surface area contributed by atoms with Crippen molar-refractivity contribution in [3.05, 3.63) is 0 Å². The minimum absolute atomic E-state index is 0.0994. The lowest BCUT2D eigenvalue weighted by atomic mass is 9.92. The lowest BCUT2D eigenvalue weighted by molar-refractivity contribution is -0.140. The molecule has 2 unspecified atom stereocenters. The second-order valence-corrected chi connectivity index (χ2v) is 7.32. The Bertz CT molecular complexity index is 287. The van der Waals surface area contributed by atoms with E-state index in [1.165, 1.54) is 39.2 Å². The molecule has 2 fully saturated rings. The number of rotatable bonds is 4. The molecule has 0 radical (unpaired) electrons. The molecule has 3 nitrogen and oxygen atoms in total. The van der Waals surface area contributed by atoms with Gasteiger partial charge in [-0.15, -0.1) is 0 Å². The standard InChI is InChI=1S/C14H24O3S/c1-11(9-13(15)16-2)18-12-5-8-17-14(10-12)6-3-4-7-14/h11-12H,3-10H2,1-2H3. The molecular formula is C14H24O3S. The minimum atomic E-state index is -0.0994. The molecule has 0 aromatic carbocycles. The second-order valence-electron chi connectivity index (χ2n) is 5.58. The van der Waals surface area contributed by atoms with Gasteiger partial charge in [0, 0.05) is 17.1 Å². The van der Waals surface area contributed by atoms with Crippen LogP contribution in [0.25, 0.3) is 0 Å². The third-order valence-electron chi connectivity index (χ3n) is 4.07. The zero-order chi connectivity index (χ0) is 13.0. The summed E-state index contributed by atoms with van der Waals surface area (Å²) < 4.78 is 10.8. The summed E-state index contributed by atoms with van der Waals surface area (Å²) in [6, 6.07) is 0. The molecule has 1 aliphatic carbocycles. The normalized spacial score (nSPS) is 28.2. The molecule has 1 spiro atoms. The van der Waals surface area contributed by atoms with E-state index in [0.29, 0.717) is 16.9 Å². The van der Waals surface area contributed by atoms with Crippen LogP contribution in [0, 0.1) is 0 Å².